The van der Waals surface area contributed by atoms with Crippen LogP contribution in [0.25, 0.3) is 0 Å². The van der Waals surface area contributed by atoms with Crippen LogP contribution in [-0.2, 0) is 4.74 Å². The molecule has 1 aliphatic heterocycles. The second kappa shape index (κ2) is 10.3. The quantitative estimate of drug-likeness (QED) is 0.489. The fraction of sp³-hybridized carbons (Fsp3) is 0.824. The average molecular weight is 341 g/mol. The molecule has 0 amide bonds. The van der Waals surface area contributed by atoms with E-state index in [4.69, 9.17) is 10.5 Å². The van der Waals surface area contributed by atoms with Gasteiger partial charge in [-0.25, -0.2) is 0 Å². The van der Waals surface area contributed by atoms with Gasteiger partial charge in [-0.2, -0.15) is 0 Å². The fourth-order valence-electron chi connectivity index (χ4n) is 3.66. The maximum Gasteiger partial charge on any atom is 0.0638 e. The Bertz CT molecular complexity index is 392. The number of rotatable bonds is 7. The number of allylic oxidation sites excluding steroid dienone is 1. The third-order valence-electron chi connectivity index (χ3n) is 4.98. The monoisotopic (exact) mass is 340 g/mol. The van der Waals surface area contributed by atoms with Crippen molar-refractivity contribution < 1.29 is 4.74 Å². The van der Waals surface area contributed by atoms with Gasteiger partial charge in [-0.3, -0.25) is 9.71 Å². The third kappa shape index (κ3) is 5.78. The van der Waals surface area contributed by atoms with Gasteiger partial charge in [0.25, 0.3) is 0 Å². The summed E-state index contributed by atoms with van der Waals surface area (Å²) in [6.45, 7) is 1.91. The third-order valence-corrected chi connectivity index (χ3v) is 5.52. The van der Waals surface area contributed by atoms with Crippen molar-refractivity contribution in [2.24, 2.45) is 16.6 Å². The maximum absolute atomic E-state index is 6.22. The highest BCUT2D eigenvalue weighted by Crippen LogP contribution is 2.30. The minimum atomic E-state index is 0.391. The molecule has 1 heterocycles. The molecule has 0 aromatic carbocycles. The SMILES string of the molecule is CN=CC(=CN)C1CCC(OC[C@@H]2NCCCC2NSC)CC1. The van der Waals surface area contributed by atoms with Crippen LogP contribution in [-0.4, -0.2) is 50.9 Å². The van der Waals surface area contributed by atoms with E-state index in [0.717, 1.165) is 38.8 Å². The molecule has 0 spiro atoms. The molecule has 0 aromatic rings. The fourth-order valence-corrected chi connectivity index (χ4v) is 4.24. The minimum Gasteiger partial charge on any atom is -0.404 e. The average Bonchev–Trinajstić information content (AvgIpc) is 2.60. The van der Waals surface area contributed by atoms with Crippen LogP contribution in [0.4, 0.5) is 0 Å². The van der Waals surface area contributed by atoms with Gasteiger partial charge < -0.3 is 15.8 Å². The number of aliphatic imine (C=N–C) groups is 1. The first-order valence-electron chi connectivity index (χ1n) is 8.76. The number of ether oxygens (including phenoxy) is 1. The van der Waals surface area contributed by atoms with Crippen LogP contribution in [0.3, 0.4) is 0 Å². The van der Waals surface area contributed by atoms with Crippen molar-refractivity contribution in [3.8, 4) is 0 Å². The second-order valence-corrected chi connectivity index (χ2v) is 7.14. The molecule has 4 N–H and O–H groups in total. The molecule has 0 radical (unpaired) electrons. The van der Waals surface area contributed by atoms with Crippen molar-refractivity contribution >= 4 is 18.2 Å². The van der Waals surface area contributed by atoms with Crippen molar-refractivity contribution in [3.63, 3.8) is 0 Å². The van der Waals surface area contributed by atoms with Gasteiger partial charge in [-0.15, -0.1) is 0 Å². The molecule has 23 heavy (non-hydrogen) atoms. The molecule has 1 saturated carbocycles. The molecule has 2 aliphatic rings. The zero-order valence-electron chi connectivity index (χ0n) is 14.5. The van der Waals surface area contributed by atoms with Crippen LogP contribution < -0.4 is 15.8 Å². The Morgan fingerprint density at radius 1 is 1.35 bits per heavy atom. The number of nitrogens with zero attached hydrogens (tertiary/aromatic N) is 1. The lowest BCUT2D eigenvalue weighted by atomic mass is 9.83. The minimum absolute atomic E-state index is 0.391. The van der Waals surface area contributed by atoms with Crippen molar-refractivity contribution in [1.82, 2.24) is 10.0 Å². The van der Waals surface area contributed by atoms with Crippen molar-refractivity contribution in [2.75, 3.05) is 26.5 Å². The Labute approximate surface area is 145 Å². The Balaban J connectivity index is 1.73. The first-order chi connectivity index (χ1) is 11.3. The number of hydrogen-bond donors (Lipinski definition) is 3. The normalized spacial score (nSPS) is 33.2. The Morgan fingerprint density at radius 2 is 2.13 bits per heavy atom. The molecule has 2 atom stereocenters. The van der Waals surface area contributed by atoms with E-state index in [-0.39, 0.29) is 0 Å². The molecule has 1 unspecified atom stereocenters. The van der Waals surface area contributed by atoms with E-state index in [0.29, 0.717) is 24.1 Å². The van der Waals surface area contributed by atoms with Crippen LogP contribution in [0.1, 0.15) is 38.5 Å². The van der Waals surface area contributed by atoms with Gasteiger partial charge in [0.05, 0.1) is 12.7 Å². The Hall–Kier alpha value is -0.560. The van der Waals surface area contributed by atoms with Crippen LogP contribution in [0, 0.1) is 5.92 Å². The molecule has 2 fully saturated rings. The molecule has 5 nitrogen and oxygen atoms in total. The summed E-state index contributed by atoms with van der Waals surface area (Å²) in [4.78, 5) is 4.10. The lowest BCUT2D eigenvalue weighted by Crippen LogP contribution is -2.52. The largest absolute Gasteiger partial charge is 0.404 e. The summed E-state index contributed by atoms with van der Waals surface area (Å²) < 4.78 is 9.73. The maximum atomic E-state index is 6.22. The smallest absolute Gasteiger partial charge is 0.0638 e. The highest BCUT2D eigenvalue weighted by Gasteiger charge is 2.28. The van der Waals surface area contributed by atoms with Crippen LogP contribution in [0.15, 0.2) is 16.8 Å². The molecule has 1 saturated heterocycles. The predicted molar refractivity (Wildman–Crippen MR) is 99.8 cm³/mol. The van der Waals surface area contributed by atoms with Crippen molar-refractivity contribution in [1.29, 1.82) is 0 Å². The van der Waals surface area contributed by atoms with Crippen molar-refractivity contribution in [2.45, 2.75) is 56.7 Å². The molecule has 132 valence electrons. The van der Waals surface area contributed by atoms with E-state index in [9.17, 15) is 0 Å². The molecular weight excluding hydrogens is 308 g/mol. The van der Waals surface area contributed by atoms with E-state index in [1.54, 1.807) is 25.2 Å². The molecule has 0 bridgehead atoms. The highest BCUT2D eigenvalue weighted by molar-refractivity contribution is 7.96. The summed E-state index contributed by atoms with van der Waals surface area (Å²) in [5.74, 6) is 0.544. The zero-order chi connectivity index (χ0) is 16.5. The molecule has 6 heteroatoms. The van der Waals surface area contributed by atoms with Gasteiger partial charge in [0.1, 0.15) is 0 Å². The van der Waals surface area contributed by atoms with Gasteiger partial charge >= 0.3 is 0 Å². The molecule has 0 aromatic heterocycles. The first-order valence-corrected chi connectivity index (χ1v) is 9.98. The van der Waals surface area contributed by atoms with E-state index in [1.165, 1.54) is 18.4 Å². The Morgan fingerprint density at radius 3 is 2.78 bits per heavy atom. The summed E-state index contributed by atoms with van der Waals surface area (Å²) in [6.07, 6.45) is 13.1. The van der Waals surface area contributed by atoms with Gasteiger partial charge in [0.15, 0.2) is 0 Å². The van der Waals surface area contributed by atoms with Gasteiger partial charge in [0, 0.05) is 25.3 Å². The lowest BCUT2D eigenvalue weighted by Gasteiger charge is -2.35. The van der Waals surface area contributed by atoms with Crippen LogP contribution in [0.5, 0.6) is 0 Å². The Kier molecular flexibility index (Phi) is 8.44. The van der Waals surface area contributed by atoms with Gasteiger partial charge in [0.2, 0.25) is 0 Å². The summed E-state index contributed by atoms with van der Waals surface area (Å²) in [7, 11) is 1.80. The van der Waals surface area contributed by atoms with Gasteiger partial charge in [-0.05, 0) is 69.0 Å². The summed E-state index contributed by atoms with van der Waals surface area (Å²) >= 11 is 1.71. The molecule has 2 rings (SSSR count). The van der Waals surface area contributed by atoms with E-state index in [2.05, 4.69) is 21.3 Å². The number of hydrogen-bond acceptors (Lipinski definition) is 6. The second-order valence-electron chi connectivity index (χ2n) is 6.49. The topological polar surface area (TPSA) is 71.7 Å². The van der Waals surface area contributed by atoms with Crippen molar-refractivity contribution in [3.05, 3.63) is 11.8 Å². The summed E-state index contributed by atoms with van der Waals surface area (Å²) in [5.41, 5.74) is 6.89. The zero-order valence-corrected chi connectivity index (χ0v) is 15.3. The highest BCUT2D eigenvalue weighted by atomic mass is 32.2. The first kappa shape index (κ1) is 18.8. The molecule has 1 aliphatic carbocycles. The standard InChI is InChI=1S/C17H32N4OS/c1-19-11-14(10-18)13-5-7-15(8-6-13)22-12-17-16(21-23-2)4-3-9-20-17/h10-11,13,15-17,20-21H,3-9,12,18H2,1-2H3/t13?,15?,16?,17-/m0/s1. The number of piperidine rings is 1. The van der Waals surface area contributed by atoms with E-state index in [1.807, 2.05) is 6.21 Å². The number of nitrogens with two attached hydrogens (primary N) is 1. The number of nitrogens with one attached hydrogen (secondary N) is 2. The van der Waals surface area contributed by atoms with E-state index >= 15 is 0 Å². The summed E-state index contributed by atoms with van der Waals surface area (Å²) in [5, 5.41) is 3.60. The van der Waals surface area contributed by atoms with Crippen LogP contribution >= 0.6 is 11.9 Å². The van der Waals surface area contributed by atoms with Crippen LogP contribution in [0.2, 0.25) is 0 Å². The lowest BCUT2D eigenvalue weighted by molar-refractivity contribution is 0.00304. The molecular formula is C17H32N4OS. The summed E-state index contributed by atoms with van der Waals surface area (Å²) in [6, 6.07) is 0.947. The van der Waals surface area contributed by atoms with E-state index < -0.39 is 0 Å². The predicted octanol–water partition coefficient (Wildman–Crippen LogP) is 2.09. The van der Waals surface area contributed by atoms with Gasteiger partial charge in [-0.1, -0.05) is 11.9 Å².